The van der Waals surface area contributed by atoms with E-state index < -0.39 is 0 Å². The fourth-order valence-electron chi connectivity index (χ4n) is 2.80. The summed E-state index contributed by atoms with van der Waals surface area (Å²) in [4.78, 5) is 5.14. The monoisotopic (exact) mass is 231 g/mol. The maximum Gasteiger partial charge on any atom is 0.0398 e. The highest BCUT2D eigenvalue weighted by molar-refractivity contribution is 5.59. The second kappa shape index (κ2) is 4.22. The summed E-state index contributed by atoms with van der Waals surface area (Å²) < 4.78 is 0. The zero-order valence-corrected chi connectivity index (χ0v) is 10.5. The number of nitrogens with two attached hydrogens (primary N) is 1. The van der Waals surface area contributed by atoms with E-state index >= 15 is 0 Å². The maximum absolute atomic E-state index is 5.80. The molecule has 0 amide bonds. The molecule has 2 N–H and O–H groups in total. The Balaban J connectivity index is 1.68. The summed E-state index contributed by atoms with van der Waals surface area (Å²) in [5.41, 5.74) is 9.32. The van der Waals surface area contributed by atoms with E-state index in [0.717, 1.165) is 24.8 Å². The minimum Gasteiger partial charge on any atom is -0.399 e. The van der Waals surface area contributed by atoms with Crippen molar-refractivity contribution < 1.29 is 0 Å². The van der Waals surface area contributed by atoms with Crippen molar-refractivity contribution in [1.82, 2.24) is 4.90 Å². The van der Waals surface area contributed by atoms with E-state index in [4.69, 9.17) is 5.73 Å². The molecule has 3 rings (SSSR count). The van der Waals surface area contributed by atoms with Crippen LogP contribution < -0.4 is 10.6 Å². The Kier molecular flexibility index (Phi) is 2.71. The number of nitrogen functional groups attached to an aromatic ring is 1. The lowest BCUT2D eigenvalue weighted by Crippen LogP contribution is -2.47. The van der Waals surface area contributed by atoms with Gasteiger partial charge in [-0.15, -0.1) is 0 Å². The Hall–Kier alpha value is -1.22. The van der Waals surface area contributed by atoms with Crippen LogP contribution in [0.3, 0.4) is 0 Å². The number of nitrogens with zero attached hydrogens (tertiary/aromatic N) is 2. The second-order valence-corrected chi connectivity index (χ2v) is 5.30. The van der Waals surface area contributed by atoms with Crippen LogP contribution in [0.4, 0.5) is 11.4 Å². The first-order chi connectivity index (χ1) is 8.24. The maximum atomic E-state index is 5.80. The number of benzene rings is 1. The molecule has 1 aliphatic heterocycles. The second-order valence-electron chi connectivity index (χ2n) is 5.30. The van der Waals surface area contributed by atoms with Crippen LogP contribution in [0.15, 0.2) is 18.2 Å². The van der Waals surface area contributed by atoms with Crippen LogP contribution in [0.1, 0.15) is 18.4 Å². The van der Waals surface area contributed by atoms with Gasteiger partial charge in [-0.2, -0.15) is 0 Å². The average molecular weight is 231 g/mol. The largest absolute Gasteiger partial charge is 0.399 e. The summed E-state index contributed by atoms with van der Waals surface area (Å²) >= 11 is 0. The number of piperazine rings is 1. The summed E-state index contributed by atoms with van der Waals surface area (Å²) in [5.74, 6) is 0. The molecule has 2 aliphatic rings. The summed E-state index contributed by atoms with van der Waals surface area (Å²) in [6.07, 6.45) is 2.84. The SMILES string of the molecule is Cc1cc(N)ccc1N1CCN(C2CC2)CC1. The first-order valence-electron chi connectivity index (χ1n) is 6.59. The smallest absolute Gasteiger partial charge is 0.0398 e. The lowest BCUT2D eigenvalue weighted by atomic mass is 10.1. The van der Waals surface area contributed by atoms with Crippen molar-refractivity contribution in [2.45, 2.75) is 25.8 Å². The molecule has 0 bridgehead atoms. The van der Waals surface area contributed by atoms with Crippen molar-refractivity contribution in [3.63, 3.8) is 0 Å². The molecule has 1 aliphatic carbocycles. The van der Waals surface area contributed by atoms with Crippen LogP contribution in [0, 0.1) is 6.92 Å². The van der Waals surface area contributed by atoms with Crippen LogP contribution in [0.2, 0.25) is 0 Å². The minimum atomic E-state index is 0.864. The molecule has 3 heteroatoms. The average Bonchev–Trinajstić information content (AvgIpc) is 3.13. The van der Waals surface area contributed by atoms with E-state index in [1.165, 1.54) is 37.2 Å². The molecule has 1 heterocycles. The normalized spacial score (nSPS) is 21.8. The van der Waals surface area contributed by atoms with Gasteiger partial charge < -0.3 is 10.6 Å². The molecule has 1 saturated carbocycles. The van der Waals surface area contributed by atoms with Crippen molar-refractivity contribution >= 4 is 11.4 Å². The lowest BCUT2D eigenvalue weighted by molar-refractivity contribution is 0.248. The molecule has 1 aromatic carbocycles. The zero-order chi connectivity index (χ0) is 11.8. The van der Waals surface area contributed by atoms with Crippen LogP contribution in [-0.4, -0.2) is 37.1 Å². The van der Waals surface area contributed by atoms with E-state index in [0.29, 0.717) is 0 Å². The number of hydrogen-bond acceptors (Lipinski definition) is 3. The van der Waals surface area contributed by atoms with Gasteiger partial charge in [0.05, 0.1) is 0 Å². The number of aryl methyl sites for hydroxylation is 1. The van der Waals surface area contributed by atoms with Crippen molar-refractivity contribution in [3.05, 3.63) is 23.8 Å². The van der Waals surface area contributed by atoms with Crippen LogP contribution in [0.5, 0.6) is 0 Å². The molecular weight excluding hydrogens is 210 g/mol. The standard InChI is InChI=1S/C14H21N3/c1-11-10-12(15)2-5-14(11)17-8-6-16(7-9-17)13-3-4-13/h2,5,10,13H,3-4,6-9,15H2,1H3. The molecule has 92 valence electrons. The quantitative estimate of drug-likeness (QED) is 0.789. The van der Waals surface area contributed by atoms with E-state index in [-0.39, 0.29) is 0 Å². The third-order valence-electron chi connectivity index (χ3n) is 3.94. The van der Waals surface area contributed by atoms with Crippen molar-refractivity contribution in [3.8, 4) is 0 Å². The van der Waals surface area contributed by atoms with Crippen molar-refractivity contribution in [2.24, 2.45) is 0 Å². The van der Waals surface area contributed by atoms with Gasteiger partial charge in [0.1, 0.15) is 0 Å². The highest BCUT2D eigenvalue weighted by Gasteiger charge is 2.31. The molecule has 0 radical (unpaired) electrons. The summed E-state index contributed by atoms with van der Waals surface area (Å²) in [6.45, 7) is 6.89. The topological polar surface area (TPSA) is 32.5 Å². The van der Waals surface area contributed by atoms with Gasteiger partial charge in [-0.3, -0.25) is 4.90 Å². The molecule has 1 aromatic rings. The summed E-state index contributed by atoms with van der Waals surface area (Å²) in [6, 6.07) is 7.15. The molecule has 0 atom stereocenters. The van der Waals surface area contributed by atoms with Gasteiger partial charge in [0.15, 0.2) is 0 Å². The van der Waals surface area contributed by atoms with E-state index in [2.05, 4.69) is 28.9 Å². The Morgan fingerprint density at radius 3 is 2.41 bits per heavy atom. The fourth-order valence-corrected chi connectivity index (χ4v) is 2.80. The van der Waals surface area contributed by atoms with Gasteiger partial charge >= 0.3 is 0 Å². The number of anilines is 2. The minimum absolute atomic E-state index is 0.864. The third kappa shape index (κ3) is 2.25. The Morgan fingerprint density at radius 1 is 1.12 bits per heavy atom. The van der Waals surface area contributed by atoms with Crippen LogP contribution in [0.25, 0.3) is 0 Å². The zero-order valence-electron chi connectivity index (χ0n) is 10.5. The lowest BCUT2D eigenvalue weighted by Gasteiger charge is -2.37. The number of hydrogen-bond donors (Lipinski definition) is 1. The third-order valence-corrected chi connectivity index (χ3v) is 3.94. The Morgan fingerprint density at radius 2 is 1.82 bits per heavy atom. The molecule has 1 saturated heterocycles. The first-order valence-corrected chi connectivity index (χ1v) is 6.59. The Bertz CT molecular complexity index is 404. The van der Waals surface area contributed by atoms with E-state index in [1.54, 1.807) is 0 Å². The van der Waals surface area contributed by atoms with Crippen molar-refractivity contribution in [1.29, 1.82) is 0 Å². The first kappa shape index (κ1) is 10.9. The van der Waals surface area contributed by atoms with Crippen LogP contribution >= 0.6 is 0 Å². The molecule has 0 spiro atoms. The van der Waals surface area contributed by atoms with Gasteiger partial charge in [0.25, 0.3) is 0 Å². The molecule has 17 heavy (non-hydrogen) atoms. The Labute approximate surface area is 103 Å². The van der Waals surface area contributed by atoms with E-state index in [9.17, 15) is 0 Å². The van der Waals surface area contributed by atoms with Crippen LogP contribution in [-0.2, 0) is 0 Å². The predicted octanol–water partition coefficient (Wildman–Crippen LogP) is 1.86. The van der Waals surface area contributed by atoms with E-state index in [1.807, 2.05) is 6.07 Å². The number of rotatable bonds is 2. The molecule has 0 unspecified atom stereocenters. The van der Waals surface area contributed by atoms with Gasteiger partial charge in [0, 0.05) is 43.6 Å². The van der Waals surface area contributed by atoms with Gasteiger partial charge in [-0.1, -0.05) is 0 Å². The van der Waals surface area contributed by atoms with Gasteiger partial charge in [-0.05, 0) is 43.5 Å². The molecule has 0 aromatic heterocycles. The predicted molar refractivity (Wildman–Crippen MR) is 72.4 cm³/mol. The molecule has 3 nitrogen and oxygen atoms in total. The summed E-state index contributed by atoms with van der Waals surface area (Å²) in [5, 5.41) is 0. The van der Waals surface area contributed by atoms with Gasteiger partial charge in [0.2, 0.25) is 0 Å². The molecular formula is C14H21N3. The highest BCUT2D eigenvalue weighted by atomic mass is 15.3. The van der Waals surface area contributed by atoms with Crippen molar-refractivity contribution in [2.75, 3.05) is 36.8 Å². The fraction of sp³-hybridized carbons (Fsp3) is 0.571. The molecule has 2 fully saturated rings. The highest BCUT2D eigenvalue weighted by Crippen LogP contribution is 2.29. The van der Waals surface area contributed by atoms with Gasteiger partial charge in [-0.25, -0.2) is 0 Å². The summed E-state index contributed by atoms with van der Waals surface area (Å²) in [7, 11) is 0.